The van der Waals surface area contributed by atoms with E-state index in [1.807, 2.05) is 37.3 Å². The molecule has 0 aliphatic heterocycles. The molecule has 3 rings (SSSR count). The lowest BCUT2D eigenvalue weighted by Gasteiger charge is -2.17. The van der Waals surface area contributed by atoms with Crippen molar-refractivity contribution in [1.82, 2.24) is 4.98 Å². The van der Waals surface area contributed by atoms with E-state index in [0.29, 0.717) is 6.42 Å². The minimum Gasteiger partial charge on any atom is -0.490 e. The highest BCUT2D eigenvalue weighted by Crippen LogP contribution is 2.56. The molecule has 196 valence electrons. The van der Waals surface area contributed by atoms with Gasteiger partial charge in [-0.1, -0.05) is 36.4 Å². The quantitative estimate of drug-likeness (QED) is 0.131. The maximum absolute atomic E-state index is 14.6. The maximum atomic E-state index is 14.6. The van der Waals surface area contributed by atoms with Crippen LogP contribution in [0, 0.1) is 12.7 Å². The molecule has 13 heteroatoms. The number of hydrogen-bond donors (Lipinski definition) is 1. The second-order valence-electron chi connectivity index (χ2n) is 7.48. The summed E-state index contributed by atoms with van der Waals surface area (Å²) in [4.78, 5) is 15.8. The van der Waals surface area contributed by atoms with Crippen LogP contribution < -0.4 is 4.74 Å². The monoisotopic (exact) mass is 559 g/mol. The van der Waals surface area contributed by atoms with Gasteiger partial charge < -0.3 is 9.63 Å². The van der Waals surface area contributed by atoms with Crippen LogP contribution in [0.1, 0.15) is 30.0 Å². The third-order valence-electron chi connectivity index (χ3n) is 4.70. The van der Waals surface area contributed by atoms with Crippen LogP contribution in [0.5, 0.6) is 5.75 Å². The fourth-order valence-corrected chi connectivity index (χ4v) is 6.34. The molecule has 0 bridgehead atoms. The summed E-state index contributed by atoms with van der Waals surface area (Å²) >= 11 is 1.59. The Labute approximate surface area is 213 Å². The second-order valence-corrected chi connectivity index (χ2v) is 12.0. The van der Waals surface area contributed by atoms with Gasteiger partial charge in [0.1, 0.15) is 5.01 Å². The topological polar surface area (TPSA) is 113 Å². The zero-order valence-corrected chi connectivity index (χ0v) is 22.7. The predicted octanol–water partition coefficient (Wildman–Crippen LogP) is 6.69. The molecule has 0 aliphatic carbocycles. The molecule has 0 fully saturated rings. The van der Waals surface area contributed by atoms with Crippen molar-refractivity contribution in [1.29, 1.82) is 0 Å². The Kier molecular flexibility index (Phi) is 10.4. The van der Waals surface area contributed by atoms with E-state index in [-0.39, 0.29) is 31.1 Å². The third kappa shape index (κ3) is 8.30. The van der Waals surface area contributed by atoms with Crippen LogP contribution in [0.25, 0.3) is 10.6 Å². The number of aryl methyl sites for hydroxylation is 1. The van der Waals surface area contributed by atoms with E-state index in [0.717, 1.165) is 27.2 Å². The molecular formula is C23H28FNO8P2S. The molecule has 0 spiro atoms. The summed E-state index contributed by atoms with van der Waals surface area (Å²) in [6, 6.07) is 13.7. The fraction of sp³-hybridized carbons (Fsp3) is 0.348. The molecule has 0 radical (unpaired) electrons. The summed E-state index contributed by atoms with van der Waals surface area (Å²) in [6.45, 7) is 5.21. The maximum Gasteiger partial charge on any atom is 0.502 e. The average Bonchev–Trinajstić information content (AvgIpc) is 3.20. The summed E-state index contributed by atoms with van der Waals surface area (Å²) in [7, 11) is -8.60. The SMILES string of the molecule is CCOP(=O)(OCC)OOP(=O)(O)Cc1ccc(OCCc2nc(-c3ccccc3)sc2C)c(F)c1. The molecule has 1 atom stereocenters. The molecule has 1 N–H and O–H groups in total. The first-order valence-electron chi connectivity index (χ1n) is 11.2. The van der Waals surface area contributed by atoms with Gasteiger partial charge in [0.05, 0.1) is 31.7 Å². The molecular weight excluding hydrogens is 531 g/mol. The molecule has 3 aromatic rings. The molecule has 9 nitrogen and oxygen atoms in total. The van der Waals surface area contributed by atoms with Crippen LogP contribution in [-0.2, 0) is 40.1 Å². The molecule has 0 aliphatic rings. The van der Waals surface area contributed by atoms with Crippen molar-refractivity contribution >= 4 is 26.8 Å². The van der Waals surface area contributed by atoms with Gasteiger partial charge in [0.2, 0.25) is 0 Å². The van der Waals surface area contributed by atoms with Crippen LogP contribution in [0.3, 0.4) is 0 Å². The molecule has 1 unspecified atom stereocenters. The Hall–Kier alpha value is -1.94. The largest absolute Gasteiger partial charge is 0.502 e. The van der Waals surface area contributed by atoms with Crippen molar-refractivity contribution < 1.29 is 41.5 Å². The van der Waals surface area contributed by atoms with Crippen LogP contribution in [-0.4, -0.2) is 29.7 Å². The number of rotatable bonds is 14. The highest BCUT2D eigenvalue weighted by atomic mass is 32.1. The summed E-state index contributed by atoms with van der Waals surface area (Å²) in [5, 5.41) is 0.914. The molecule has 36 heavy (non-hydrogen) atoms. The Morgan fingerprint density at radius 1 is 1.03 bits per heavy atom. The molecule has 0 saturated carbocycles. The van der Waals surface area contributed by atoms with Crippen LogP contribution >= 0.6 is 26.8 Å². The second kappa shape index (κ2) is 13.0. The van der Waals surface area contributed by atoms with E-state index in [2.05, 4.69) is 14.3 Å². The van der Waals surface area contributed by atoms with E-state index in [1.54, 1.807) is 25.2 Å². The summed E-state index contributed by atoms with van der Waals surface area (Å²) < 4.78 is 63.3. The lowest BCUT2D eigenvalue weighted by atomic mass is 10.2. The van der Waals surface area contributed by atoms with Gasteiger partial charge in [0.25, 0.3) is 0 Å². The average molecular weight is 559 g/mol. The Morgan fingerprint density at radius 2 is 1.72 bits per heavy atom. The Balaban J connectivity index is 1.55. The van der Waals surface area contributed by atoms with Gasteiger partial charge in [-0.3, -0.25) is 13.6 Å². The Bertz CT molecular complexity index is 1230. The van der Waals surface area contributed by atoms with E-state index >= 15 is 0 Å². The minimum atomic E-state index is -4.45. The zero-order valence-electron chi connectivity index (χ0n) is 20.1. The van der Waals surface area contributed by atoms with Gasteiger partial charge in [-0.15, -0.1) is 20.7 Å². The summed E-state index contributed by atoms with van der Waals surface area (Å²) in [5.41, 5.74) is 2.07. The third-order valence-corrected chi connectivity index (χ3v) is 8.36. The molecule has 1 heterocycles. The Morgan fingerprint density at radius 3 is 2.36 bits per heavy atom. The number of benzene rings is 2. The summed E-state index contributed by atoms with van der Waals surface area (Å²) in [5.74, 6) is -0.709. The summed E-state index contributed by atoms with van der Waals surface area (Å²) in [6.07, 6.45) is -0.101. The van der Waals surface area contributed by atoms with Crippen molar-refractivity contribution in [2.45, 2.75) is 33.4 Å². The van der Waals surface area contributed by atoms with Gasteiger partial charge in [-0.2, -0.15) is 0 Å². The highest BCUT2D eigenvalue weighted by Gasteiger charge is 2.33. The van der Waals surface area contributed by atoms with Crippen LogP contribution in [0.4, 0.5) is 4.39 Å². The van der Waals surface area contributed by atoms with E-state index in [1.165, 1.54) is 12.1 Å². The smallest absolute Gasteiger partial charge is 0.490 e. The lowest BCUT2D eigenvalue weighted by molar-refractivity contribution is -0.139. The first kappa shape index (κ1) is 28.6. The number of hydrogen-bond acceptors (Lipinski definition) is 9. The standard InChI is InChI=1S/C23H28FNO8P2S/c1-4-30-35(28,31-5-2)33-32-34(26,27)16-18-11-12-22(20(24)15-18)29-14-13-21-17(3)36-23(25-21)19-9-7-6-8-10-19/h6-12,15H,4-5,13-14,16H2,1-3H3,(H,26,27). The number of phosphoric ester groups is 1. The molecule has 0 amide bonds. The highest BCUT2D eigenvalue weighted by molar-refractivity contribution is 7.53. The number of thiazole rings is 1. The number of aromatic nitrogens is 1. The molecule has 1 aromatic heterocycles. The first-order valence-corrected chi connectivity index (χ1v) is 15.2. The van der Waals surface area contributed by atoms with Crippen LogP contribution in [0.15, 0.2) is 48.5 Å². The number of ether oxygens (including phenoxy) is 1. The first-order chi connectivity index (χ1) is 17.1. The van der Waals surface area contributed by atoms with Gasteiger partial charge in [0.15, 0.2) is 11.6 Å². The fourth-order valence-electron chi connectivity index (χ4n) is 3.13. The number of nitrogens with zero attached hydrogens (tertiary/aromatic N) is 1. The number of phosphoric acid groups is 1. The minimum absolute atomic E-state index is 0.00273. The van der Waals surface area contributed by atoms with Crippen LogP contribution in [0.2, 0.25) is 0 Å². The molecule has 2 aromatic carbocycles. The van der Waals surface area contributed by atoms with Crippen molar-refractivity contribution in [2.24, 2.45) is 0 Å². The number of halogens is 1. The van der Waals surface area contributed by atoms with Gasteiger partial charge >= 0.3 is 15.4 Å². The van der Waals surface area contributed by atoms with Crippen molar-refractivity contribution in [3.8, 4) is 16.3 Å². The van der Waals surface area contributed by atoms with Crippen molar-refractivity contribution in [3.05, 3.63) is 70.5 Å². The van der Waals surface area contributed by atoms with E-state index in [4.69, 9.17) is 13.8 Å². The normalized spacial score (nSPS) is 13.5. The zero-order chi connectivity index (χ0) is 26.2. The van der Waals surface area contributed by atoms with E-state index in [9.17, 15) is 18.4 Å². The molecule has 0 saturated heterocycles. The predicted molar refractivity (Wildman–Crippen MR) is 134 cm³/mol. The van der Waals surface area contributed by atoms with Gasteiger partial charge in [-0.25, -0.2) is 13.9 Å². The van der Waals surface area contributed by atoms with Crippen molar-refractivity contribution in [2.75, 3.05) is 19.8 Å². The van der Waals surface area contributed by atoms with E-state index < -0.39 is 27.4 Å². The van der Waals surface area contributed by atoms with Crippen molar-refractivity contribution in [3.63, 3.8) is 0 Å². The van der Waals surface area contributed by atoms with Gasteiger partial charge in [-0.05, 0) is 38.5 Å². The van der Waals surface area contributed by atoms with Gasteiger partial charge in [0, 0.05) is 16.9 Å². The lowest BCUT2D eigenvalue weighted by Crippen LogP contribution is -2.04.